The van der Waals surface area contributed by atoms with Gasteiger partial charge in [-0.2, -0.15) is 10.2 Å². The zero-order valence-corrected chi connectivity index (χ0v) is 17.3. The third kappa shape index (κ3) is 3.97. The smallest absolute Gasteiger partial charge is 0.247 e. The molecule has 1 saturated carbocycles. The maximum Gasteiger partial charge on any atom is 0.247 e. The number of halogens is 1. The Balaban J connectivity index is 1.13. The van der Waals surface area contributed by atoms with Crippen LogP contribution in [0.2, 0.25) is 0 Å². The predicted molar refractivity (Wildman–Crippen MR) is 110 cm³/mol. The summed E-state index contributed by atoms with van der Waals surface area (Å²) >= 11 is 0. The average Bonchev–Trinajstić information content (AvgIpc) is 3.65. The molecule has 2 aliphatic heterocycles. The molecule has 160 valence electrons. The lowest BCUT2D eigenvalue weighted by molar-refractivity contribution is -0.133. The van der Waals surface area contributed by atoms with E-state index in [-0.39, 0.29) is 23.1 Å². The number of hydrogen-bond donors (Lipinski definition) is 0. The van der Waals surface area contributed by atoms with Crippen molar-refractivity contribution in [3.8, 4) is 23.8 Å². The minimum Gasteiger partial charge on any atom is -0.420 e. The van der Waals surface area contributed by atoms with Gasteiger partial charge in [0.2, 0.25) is 17.7 Å². The molecule has 1 spiro atoms. The van der Waals surface area contributed by atoms with Crippen molar-refractivity contribution in [2.75, 3.05) is 13.1 Å². The van der Waals surface area contributed by atoms with Crippen molar-refractivity contribution in [2.45, 2.75) is 56.5 Å². The lowest BCUT2D eigenvalue weighted by atomic mass is 9.90. The molecule has 1 atom stereocenters. The Kier molecular flexibility index (Phi) is 4.84. The number of likely N-dealkylation sites (tertiary alicyclic amines) is 1. The fraction of sp³-hybridized carbons (Fsp3) is 0.522. The van der Waals surface area contributed by atoms with Crippen molar-refractivity contribution >= 4 is 5.91 Å². The topological polar surface area (TPSA) is 84.0 Å². The molecule has 1 aromatic carbocycles. The van der Waals surface area contributed by atoms with Crippen LogP contribution < -0.4 is 0 Å². The standard InChI is InChI=1S/C23H24FN5O2/c1-2-3-8-23(27-28-23)9-7-19(30)29-12-10-22(11-13-29)15-18(22)21-26-25-20(31-21)16-5-4-6-17(24)14-16/h1,4-6,14,18H,3,7-13,15H2. The van der Waals surface area contributed by atoms with E-state index in [9.17, 15) is 9.18 Å². The molecule has 0 bridgehead atoms. The fourth-order valence-corrected chi connectivity index (χ4v) is 4.70. The molecule has 0 N–H and O–H groups in total. The highest BCUT2D eigenvalue weighted by Gasteiger charge is 2.58. The molecule has 5 rings (SSSR count). The second kappa shape index (κ2) is 7.56. The Hall–Kier alpha value is -3.08. The van der Waals surface area contributed by atoms with Crippen LogP contribution in [0.1, 0.15) is 56.8 Å². The van der Waals surface area contributed by atoms with Gasteiger partial charge in [-0.05, 0) is 42.9 Å². The maximum atomic E-state index is 13.5. The van der Waals surface area contributed by atoms with Gasteiger partial charge in [0.25, 0.3) is 0 Å². The molecule has 1 amide bonds. The predicted octanol–water partition coefficient (Wildman–Crippen LogP) is 4.33. The molecule has 0 radical (unpaired) electrons. The largest absolute Gasteiger partial charge is 0.420 e. The number of piperidine rings is 1. The first kappa shape index (κ1) is 19.9. The lowest BCUT2D eigenvalue weighted by Crippen LogP contribution is -2.39. The van der Waals surface area contributed by atoms with Crippen molar-refractivity contribution in [1.29, 1.82) is 0 Å². The minimum atomic E-state index is -0.405. The first-order valence-electron chi connectivity index (χ1n) is 10.8. The van der Waals surface area contributed by atoms with Crippen LogP contribution >= 0.6 is 0 Å². The van der Waals surface area contributed by atoms with Crippen molar-refractivity contribution in [3.63, 3.8) is 0 Å². The van der Waals surface area contributed by atoms with E-state index in [1.165, 1.54) is 12.1 Å². The van der Waals surface area contributed by atoms with Crippen molar-refractivity contribution < 1.29 is 13.6 Å². The van der Waals surface area contributed by atoms with Crippen molar-refractivity contribution in [1.82, 2.24) is 15.1 Å². The highest BCUT2D eigenvalue weighted by Crippen LogP contribution is 2.64. The number of terminal acetylenes is 1. The van der Waals surface area contributed by atoms with Crippen molar-refractivity contribution in [3.05, 3.63) is 36.0 Å². The molecule has 31 heavy (non-hydrogen) atoms. The summed E-state index contributed by atoms with van der Waals surface area (Å²) in [5, 5.41) is 16.5. The summed E-state index contributed by atoms with van der Waals surface area (Å²) in [5.74, 6) is 3.63. The van der Waals surface area contributed by atoms with Gasteiger partial charge in [0, 0.05) is 50.3 Å². The Morgan fingerprint density at radius 1 is 1.26 bits per heavy atom. The van der Waals surface area contributed by atoms with E-state index >= 15 is 0 Å². The monoisotopic (exact) mass is 421 g/mol. The molecule has 3 aliphatic rings. The van der Waals surface area contributed by atoms with E-state index in [2.05, 4.69) is 26.3 Å². The number of carbonyl (C=O) groups excluding carboxylic acids is 1. The first-order valence-corrected chi connectivity index (χ1v) is 10.8. The number of nitrogens with zero attached hydrogens (tertiary/aromatic N) is 5. The number of aromatic nitrogens is 2. The SMILES string of the molecule is C#CCCC1(CCC(=O)N2CCC3(CC2)CC3c2nnc(-c3cccc(F)c3)o2)N=N1. The highest BCUT2D eigenvalue weighted by molar-refractivity contribution is 5.76. The number of hydrogen-bond acceptors (Lipinski definition) is 6. The molecule has 1 aliphatic carbocycles. The Bertz CT molecular complexity index is 1060. The van der Waals surface area contributed by atoms with E-state index in [0.29, 0.717) is 36.6 Å². The van der Waals surface area contributed by atoms with E-state index < -0.39 is 5.66 Å². The van der Waals surface area contributed by atoms with Gasteiger partial charge in [0.1, 0.15) is 5.82 Å². The second-order valence-electron chi connectivity index (χ2n) is 8.84. The van der Waals surface area contributed by atoms with Crippen LogP contribution in [0.3, 0.4) is 0 Å². The Morgan fingerprint density at radius 2 is 2.06 bits per heavy atom. The summed E-state index contributed by atoms with van der Waals surface area (Å²) in [6.07, 6.45) is 10.6. The van der Waals surface area contributed by atoms with E-state index in [1.807, 2.05) is 4.90 Å². The molecule has 3 heterocycles. The quantitative estimate of drug-likeness (QED) is 0.623. The van der Waals surface area contributed by atoms with Crippen LogP contribution in [0.4, 0.5) is 4.39 Å². The highest BCUT2D eigenvalue weighted by atomic mass is 19.1. The van der Waals surface area contributed by atoms with Gasteiger partial charge < -0.3 is 9.32 Å². The number of carbonyl (C=O) groups is 1. The van der Waals surface area contributed by atoms with Gasteiger partial charge in [-0.3, -0.25) is 4.79 Å². The molecule has 2 fully saturated rings. The molecule has 1 saturated heterocycles. The van der Waals surface area contributed by atoms with E-state index in [1.54, 1.807) is 12.1 Å². The molecule has 1 unspecified atom stereocenters. The van der Waals surface area contributed by atoms with Gasteiger partial charge in [-0.1, -0.05) is 6.07 Å². The van der Waals surface area contributed by atoms with Crippen LogP contribution in [0, 0.1) is 23.6 Å². The van der Waals surface area contributed by atoms with Gasteiger partial charge in [0.15, 0.2) is 5.66 Å². The Morgan fingerprint density at radius 3 is 2.77 bits per heavy atom. The Labute approximate surface area is 180 Å². The summed E-state index contributed by atoms with van der Waals surface area (Å²) in [4.78, 5) is 14.6. The molecule has 8 heteroatoms. The maximum absolute atomic E-state index is 13.5. The molecular weight excluding hydrogens is 397 g/mol. The average molecular weight is 421 g/mol. The number of rotatable bonds is 7. The van der Waals surface area contributed by atoms with Crippen LogP contribution in [0.5, 0.6) is 0 Å². The molecule has 2 aromatic rings. The summed E-state index contributed by atoms with van der Waals surface area (Å²) in [5.41, 5.74) is 0.318. The van der Waals surface area contributed by atoms with Crippen LogP contribution in [0.25, 0.3) is 11.5 Å². The summed E-state index contributed by atoms with van der Waals surface area (Å²) in [6, 6.07) is 6.16. The van der Waals surface area contributed by atoms with Crippen LogP contribution in [0.15, 0.2) is 38.9 Å². The van der Waals surface area contributed by atoms with E-state index in [0.717, 1.165) is 38.8 Å². The third-order valence-corrected chi connectivity index (χ3v) is 6.90. The summed E-state index contributed by atoms with van der Waals surface area (Å²) in [7, 11) is 0. The normalized spacial score (nSPS) is 22.3. The molecule has 1 aromatic heterocycles. The minimum absolute atomic E-state index is 0.137. The lowest BCUT2D eigenvalue weighted by Gasteiger charge is -2.33. The van der Waals surface area contributed by atoms with Crippen LogP contribution in [-0.4, -0.2) is 39.8 Å². The fourth-order valence-electron chi connectivity index (χ4n) is 4.70. The van der Waals surface area contributed by atoms with Gasteiger partial charge >= 0.3 is 0 Å². The summed E-state index contributed by atoms with van der Waals surface area (Å²) in [6.45, 7) is 1.48. The van der Waals surface area contributed by atoms with E-state index in [4.69, 9.17) is 10.8 Å². The molecule has 7 nitrogen and oxygen atoms in total. The zero-order chi connectivity index (χ0) is 21.5. The second-order valence-corrected chi connectivity index (χ2v) is 8.84. The van der Waals surface area contributed by atoms with Gasteiger partial charge in [0.05, 0.1) is 0 Å². The summed E-state index contributed by atoms with van der Waals surface area (Å²) < 4.78 is 19.3. The van der Waals surface area contributed by atoms with Crippen molar-refractivity contribution in [2.24, 2.45) is 15.6 Å². The zero-order valence-electron chi connectivity index (χ0n) is 17.3. The van der Waals surface area contributed by atoms with Gasteiger partial charge in [-0.15, -0.1) is 22.5 Å². The number of amides is 1. The van der Waals surface area contributed by atoms with Crippen LogP contribution in [-0.2, 0) is 4.79 Å². The first-order chi connectivity index (χ1) is 15.0. The van der Waals surface area contributed by atoms with Gasteiger partial charge in [-0.25, -0.2) is 4.39 Å². The third-order valence-electron chi connectivity index (χ3n) is 6.90. The number of benzene rings is 1. The molecular formula is C23H24FN5O2.